The molecule has 0 heterocycles. The van der Waals surface area contributed by atoms with Gasteiger partial charge in [0.15, 0.2) is 0 Å². The minimum absolute atomic E-state index is 0.382. The number of carbonyl (C=O) groups excluding carboxylic acids is 1. The molecule has 0 saturated heterocycles. The van der Waals surface area contributed by atoms with Gasteiger partial charge in [0.1, 0.15) is 11.4 Å². The Bertz CT molecular complexity index is 511. The molecule has 1 unspecified atom stereocenters. The highest BCUT2D eigenvalue weighted by atomic mass is 19.1. The van der Waals surface area contributed by atoms with Crippen LogP contribution in [-0.4, -0.2) is 22.5 Å². The van der Waals surface area contributed by atoms with Crippen molar-refractivity contribution in [3.8, 4) is 0 Å². The molecule has 0 aliphatic heterocycles. The summed E-state index contributed by atoms with van der Waals surface area (Å²) in [7, 11) is 0. The lowest BCUT2D eigenvalue weighted by molar-refractivity contribution is -0.152. The summed E-state index contributed by atoms with van der Waals surface area (Å²) in [6, 6.07) is 5.78. The van der Waals surface area contributed by atoms with Crippen LogP contribution in [0.25, 0.3) is 0 Å². The highest BCUT2D eigenvalue weighted by Gasteiger charge is 2.46. The van der Waals surface area contributed by atoms with Crippen LogP contribution in [-0.2, 0) is 9.59 Å². The van der Waals surface area contributed by atoms with Gasteiger partial charge in [0.2, 0.25) is 5.91 Å². The van der Waals surface area contributed by atoms with E-state index in [9.17, 15) is 14.0 Å². The van der Waals surface area contributed by atoms with Crippen LogP contribution in [0, 0.1) is 5.82 Å². The Labute approximate surface area is 110 Å². The lowest BCUT2D eigenvalue weighted by atomic mass is 9.76. The SMILES string of the molecule is CC(C(=O)NC1(C(=O)O)CCC1)c1cccc(F)c1. The number of carboxylic acid groups (broad SMARTS) is 1. The molecule has 0 bridgehead atoms. The second kappa shape index (κ2) is 4.99. The Balaban J connectivity index is 2.10. The van der Waals surface area contributed by atoms with Crippen LogP contribution in [0.1, 0.15) is 37.7 Å². The third-order valence-corrected chi connectivity index (χ3v) is 3.72. The summed E-state index contributed by atoms with van der Waals surface area (Å²) < 4.78 is 13.1. The summed E-state index contributed by atoms with van der Waals surface area (Å²) in [5.41, 5.74) is -0.587. The minimum Gasteiger partial charge on any atom is -0.480 e. The molecule has 0 spiro atoms. The second-order valence-electron chi connectivity index (χ2n) is 5.01. The van der Waals surface area contributed by atoms with E-state index in [0.717, 1.165) is 6.42 Å². The Morgan fingerprint density at radius 2 is 2.11 bits per heavy atom. The van der Waals surface area contributed by atoms with E-state index in [0.29, 0.717) is 18.4 Å². The Hall–Kier alpha value is -1.91. The normalized spacial score (nSPS) is 18.2. The molecule has 5 heteroatoms. The number of carbonyl (C=O) groups is 2. The zero-order chi connectivity index (χ0) is 14.0. The lowest BCUT2D eigenvalue weighted by Crippen LogP contribution is -2.59. The van der Waals surface area contributed by atoms with E-state index in [4.69, 9.17) is 5.11 Å². The first-order valence-electron chi connectivity index (χ1n) is 6.25. The molecular weight excluding hydrogens is 249 g/mol. The minimum atomic E-state index is -1.13. The molecule has 2 rings (SSSR count). The number of amides is 1. The summed E-state index contributed by atoms with van der Waals surface area (Å²) >= 11 is 0. The van der Waals surface area contributed by atoms with Crippen molar-refractivity contribution in [2.24, 2.45) is 0 Å². The molecule has 1 saturated carbocycles. The maximum absolute atomic E-state index is 13.1. The molecule has 0 aromatic heterocycles. The fourth-order valence-corrected chi connectivity index (χ4v) is 2.19. The number of carboxylic acids is 1. The van der Waals surface area contributed by atoms with Crippen molar-refractivity contribution in [1.82, 2.24) is 5.32 Å². The maximum Gasteiger partial charge on any atom is 0.329 e. The second-order valence-corrected chi connectivity index (χ2v) is 5.01. The molecule has 1 aliphatic carbocycles. The molecule has 102 valence electrons. The van der Waals surface area contributed by atoms with Crippen molar-refractivity contribution in [3.05, 3.63) is 35.6 Å². The lowest BCUT2D eigenvalue weighted by Gasteiger charge is -2.38. The monoisotopic (exact) mass is 265 g/mol. The van der Waals surface area contributed by atoms with Gasteiger partial charge in [-0.1, -0.05) is 12.1 Å². The van der Waals surface area contributed by atoms with Crippen molar-refractivity contribution in [2.75, 3.05) is 0 Å². The van der Waals surface area contributed by atoms with Crippen LogP contribution in [0.5, 0.6) is 0 Å². The molecule has 1 aromatic rings. The molecule has 1 amide bonds. The van der Waals surface area contributed by atoms with Crippen LogP contribution in [0.4, 0.5) is 4.39 Å². The predicted molar refractivity (Wildman–Crippen MR) is 67.2 cm³/mol. The van der Waals surface area contributed by atoms with Crippen LogP contribution in [0.15, 0.2) is 24.3 Å². The zero-order valence-corrected chi connectivity index (χ0v) is 10.6. The van der Waals surface area contributed by atoms with Gasteiger partial charge in [0, 0.05) is 0 Å². The first kappa shape index (κ1) is 13.5. The molecule has 1 aliphatic rings. The van der Waals surface area contributed by atoms with E-state index in [1.165, 1.54) is 18.2 Å². The van der Waals surface area contributed by atoms with Crippen LogP contribution in [0.2, 0.25) is 0 Å². The van der Waals surface area contributed by atoms with E-state index in [2.05, 4.69) is 5.32 Å². The summed E-state index contributed by atoms with van der Waals surface area (Å²) in [5.74, 6) is -2.37. The van der Waals surface area contributed by atoms with Gasteiger partial charge in [-0.3, -0.25) is 4.79 Å². The highest BCUT2D eigenvalue weighted by molar-refractivity contribution is 5.90. The number of hydrogen-bond acceptors (Lipinski definition) is 2. The maximum atomic E-state index is 13.1. The Morgan fingerprint density at radius 1 is 1.42 bits per heavy atom. The van der Waals surface area contributed by atoms with Crippen molar-refractivity contribution in [1.29, 1.82) is 0 Å². The fraction of sp³-hybridized carbons (Fsp3) is 0.429. The summed E-state index contributed by atoms with van der Waals surface area (Å²) in [6.45, 7) is 1.64. The van der Waals surface area contributed by atoms with Gasteiger partial charge < -0.3 is 10.4 Å². The van der Waals surface area contributed by atoms with E-state index < -0.39 is 23.2 Å². The van der Waals surface area contributed by atoms with Crippen LogP contribution >= 0.6 is 0 Å². The highest BCUT2D eigenvalue weighted by Crippen LogP contribution is 2.33. The molecule has 1 atom stereocenters. The van der Waals surface area contributed by atoms with Gasteiger partial charge in [0.25, 0.3) is 0 Å². The first-order chi connectivity index (χ1) is 8.94. The fourth-order valence-electron chi connectivity index (χ4n) is 2.19. The number of benzene rings is 1. The van der Waals surface area contributed by atoms with Gasteiger partial charge in [0.05, 0.1) is 5.92 Å². The molecule has 0 radical (unpaired) electrons. The quantitative estimate of drug-likeness (QED) is 0.875. The third kappa shape index (κ3) is 2.59. The van der Waals surface area contributed by atoms with E-state index in [1.807, 2.05) is 0 Å². The van der Waals surface area contributed by atoms with E-state index in [-0.39, 0.29) is 5.91 Å². The molecule has 4 nitrogen and oxygen atoms in total. The van der Waals surface area contributed by atoms with Crippen molar-refractivity contribution in [2.45, 2.75) is 37.6 Å². The standard InChI is InChI=1S/C14H16FNO3/c1-9(10-4-2-5-11(15)8-10)12(17)16-14(13(18)19)6-3-7-14/h2,4-5,8-9H,3,6-7H2,1H3,(H,16,17)(H,18,19). The van der Waals surface area contributed by atoms with Crippen LogP contribution in [0.3, 0.4) is 0 Å². The number of aliphatic carboxylic acids is 1. The van der Waals surface area contributed by atoms with Crippen molar-refractivity contribution >= 4 is 11.9 Å². The molecule has 2 N–H and O–H groups in total. The molecule has 1 aromatic carbocycles. The number of hydrogen-bond donors (Lipinski definition) is 2. The molecular formula is C14H16FNO3. The Kier molecular flexibility index (Phi) is 3.55. The van der Waals surface area contributed by atoms with Gasteiger partial charge >= 0.3 is 5.97 Å². The predicted octanol–water partition coefficient (Wildman–Crippen LogP) is 2.05. The summed E-state index contributed by atoms with van der Waals surface area (Å²) in [6.07, 6.45) is 1.69. The zero-order valence-electron chi connectivity index (χ0n) is 10.6. The average molecular weight is 265 g/mol. The topological polar surface area (TPSA) is 66.4 Å². The van der Waals surface area contributed by atoms with Gasteiger partial charge in [-0.2, -0.15) is 0 Å². The smallest absolute Gasteiger partial charge is 0.329 e. The first-order valence-corrected chi connectivity index (χ1v) is 6.25. The van der Waals surface area contributed by atoms with Gasteiger partial charge in [-0.15, -0.1) is 0 Å². The van der Waals surface area contributed by atoms with E-state index in [1.54, 1.807) is 13.0 Å². The largest absolute Gasteiger partial charge is 0.480 e. The third-order valence-electron chi connectivity index (χ3n) is 3.72. The van der Waals surface area contributed by atoms with Gasteiger partial charge in [-0.25, -0.2) is 9.18 Å². The number of halogens is 1. The molecule has 1 fully saturated rings. The van der Waals surface area contributed by atoms with Crippen molar-refractivity contribution in [3.63, 3.8) is 0 Å². The summed E-state index contributed by atoms with van der Waals surface area (Å²) in [5, 5.41) is 11.7. The van der Waals surface area contributed by atoms with Crippen LogP contribution < -0.4 is 5.32 Å². The van der Waals surface area contributed by atoms with Gasteiger partial charge in [-0.05, 0) is 43.9 Å². The molecule has 19 heavy (non-hydrogen) atoms. The summed E-state index contributed by atoms with van der Waals surface area (Å²) in [4.78, 5) is 23.2. The average Bonchev–Trinajstić information content (AvgIpc) is 2.32. The number of rotatable bonds is 4. The van der Waals surface area contributed by atoms with Crippen molar-refractivity contribution < 1.29 is 19.1 Å². The number of nitrogens with one attached hydrogen (secondary N) is 1. The Morgan fingerprint density at radius 3 is 2.58 bits per heavy atom. The van der Waals surface area contributed by atoms with E-state index >= 15 is 0 Å².